The Bertz CT molecular complexity index is 495. The number of aliphatic hydroxyl groups excluding tert-OH is 1. The second kappa shape index (κ2) is 3.60. The molecule has 0 bridgehead atoms. The van der Waals surface area contributed by atoms with Crippen molar-refractivity contribution in [3.8, 4) is 0 Å². The van der Waals surface area contributed by atoms with Crippen LogP contribution in [-0.2, 0) is 0 Å². The highest BCUT2D eigenvalue weighted by Gasteiger charge is 2.16. The van der Waals surface area contributed by atoms with Crippen molar-refractivity contribution in [2.45, 2.75) is 13.0 Å². The van der Waals surface area contributed by atoms with Gasteiger partial charge in [-0.05, 0) is 19.1 Å². The van der Waals surface area contributed by atoms with Gasteiger partial charge >= 0.3 is 0 Å². The molecular formula is C10H12FN3O. The van der Waals surface area contributed by atoms with Crippen LogP contribution in [0.1, 0.15) is 17.5 Å². The number of rotatable bonds is 2. The number of pyridine rings is 1. The number of aliphatic hydroxyl groups is 1. The van der Waals surface area contributed by atoms with Crippen LogP contribution in [0.5, 0.6) is 0 Å². The van der Waals surface area contributed by atoms with Crippen molar-refractivity contribution in [1.82, 2.24) is 9.38 Å². The van der Waals surface area contributed by atoms with E-state index in [0.29, 0.717) is 11.4 Å². The molecule has 0 spiro atoms. The quantitative estimate of drug-likeness (QED) is 0.768. The Hall–Kier alpha value is -1.46. The van der Waals surface area contributed by atoms with E-state index in [1.807, 2.05) is 0 Å². The Morgan fingerprint density at radius 2 is 2.40 bits per heavy atom. The van der Waals surface area contributed by atoms with E-state index < -0.39 is 11.9 Å². The van der Waals surface area contributed by atoms with Crippen molar-refractivity contribution in [3.63, 3.8) is 0 Å². The second-order valence-electron chi connectivity index (χ2n) is 3.38. The van der Waals surface area contributed by atoms with Gasteiger partial charge in [0.05, 0.1) is 5.69 Å². The van der Waals surface area contributed by atoms with Gasteiger partial charge < -0.3 is 15.2 Å². The van der Waals surface area contributed by atoms with Crippen molar-refractivity contribution >= 4 is 5.65 Å². The fraction of sp³-hybridized carbons (Fsp3) is 0.300. The predicted molar refractivity (Wildman–Crippen MR) is 53.9 cm³/mol. The van der Waals surface area contributed by atoms with E-state index >= 15 is 0 Å². The lowest BCUT2D eigenvalue weighted by atomic mass is 10.2. The fourth-order valence-electron chi connectivity index (χ4n) is 1.60. The zero-order chi connectivity index (χ0) is 11.0. The van der Waals surface area contributed by atoms with Gasteiger partial charge in [-0.2, -0.15) is 0 Å². The predicted octanol–water partition coefficient (Wildman–Crippen LogP) is 0.774. The number of halogens is 1. The summed E-state index contributed by atoms with van der Waals surface area (Å²) in [6.45, 7) is 1.85. The van der Waals surface area contributed by atoms with Crippen LogP contribution >= 0.6 is 0 Å². The molecule has 15 heavy (non-hydrogen) atoms. The van der Waals surface area contributed by atoms with Crippen LogP contribution in [0, 0.1) is 12.7 Å². The molecule has 5 heteroatoms. The Labute approximate surface area is 86.2 Å². The number of nitrogens with two attached hydrogens (primary N) is 1. The van der Waals surface area contributed by atoms with E-state index in [0.717, 1.165) is 0 Å². The van der Waals surface area contributed by atoms with Crippen molar-refractivity contribution in [3.05, 3.63) is 35.5 Å². The average molecular weight is 209 g/mol. The molecule has 0 saturated carbocycles. The summed E-state index contributed by atoms with van der Waals surface area (Å²) in [6.07, 6.45) is 0.859. The van der Waals surface area contributed by atoms with Gasteiger partial charge in [0.2, 0.25) is 0 Å². The molecule has 0 aromatic carbocycles. The Morgan fingerprint density at radius 3 is 3.00 bits per heavy atom. The molecule has 1 atom stereocenters. The summed E-state index contributed by atoms with van der Waals surface area (Å²) < 4.78 is 15.0. The zero-order valence-electron chi connectivity index (χ0n) is 8.31. The lowest BCUT2D eigenvalue weighted by Gasteiger charge is -2.04. The molecule has 1 unspecified atom stereocenters. The molecule has 2 heterocycles. The van der Waals surface area contributed by atoms with Gasteiger partial charge in [0.15, 0.2) is 11.5 Å². The Balaban J connectivity index is 2.69. The van der Waals surface area contributed by atoms with E-state index in [9.17, 15) is 9.50 Å². The van der Waals surface area contributed by atoms with Gasteiger partial charge in [-0.15, -0.1) is 0 Å². The number of hydrogen-bond donors (Lipinski definition) is 2. The van der Waals surface area contributed by atoms with Crippen LogP contribution < -0.4 is 5.73 Å². The minimum Gasteiger partial charge on any atom is -0.385 e. The first-order valence-electron chi connectivity index (χ1n) is 4.66. The summed E-state index contributed by atoms with van der Waals surface area (Å²) in [7, 11) is 0. The van der Waals surface area contributed by atoms with E-state index in [1.165, 1.54) is 6.07 Å². The minimum atomic E-state index is -0.843. The van der Waals surface area contributed by atoms with Gasteiger partial charge in [0.1, 0.15) is 6.10 Å². The normalized spacial score (nSPS) is 13.3. The largest absolute Gasteiger partial charge is 0.385 e. The highest BCUT2D eigenvalue weighted by atomic mass is 19.1. The third-order valence-corrected chi connectivity index (χ3v) is 2.42. The summed E-state index contributed by atoms with van der Waals surface area (Å²) in [5.41, 5.74) is 6.70. The van der Waals surface area contributed by atoms with E-state index in [4.69, 9.17) is 5.73 Å². The molecule has 4 nitrogen and oxygen atoms in total. The van der Waals surface area contributed by atoms with Crippen LogP contribution in [0.4, 0.5) is 4.39 Å². The maximum Gasteiger partial charge on any atom is 0.173 e. The lowest BCUT2D eigenvalue weighted by Crippen LogP contribution is -2.12. The Kier molecular flexibility index (Phi) is 2.42. The molecule has 3 N–H and O–H groups in total. The topological polar surface area (TPSA) is 63.5 Å². The van der Waals surface area contributed by atoms with Crippen LogP contribution in [0.3, 0.4) is 0 Å². The van der Waals surface area contributed by atoms with Crippen LogP contribution in [0.15, 0.2) is 18.3 Å². The second-order valence-corrected chi connectivity index (χ2v) is 3.38. The fourth-order valence-corrected chi connectivity index (χ4v) is 1.60. The first-order valence-corrected chi connectivity index (χ1v) is 4.66. The molecule has 0 fully saturated rings. The van der Waals surface area contributed by atoms with Gasteiger partial charge in [0.25, 0.3) is 0 Å². The SMILES string of the molecule is Cc1c(C(O)CN)nc2c(F)cccn12. The number of aromatic nitrogens is 2. The van der Waals surface area contributed by atoms with Crippen molar-refractivity contribution in [2.75, 3.05) is 6.54 Å². The molecule has 2 aromatic rings. The monoisotopic (exact) mass is 209 g/mol. The molecule has 0 amide bonds. The number of nitrogens with zero attached hydrogens (tertiary/aromatic N) is 2. The minimum absolute atomic E-state index is 0.0757. The van der Waals surface area contributed by atoms with Crippen LogP contribution in [0.25, 0.3) is 5.65 Å². The summed E-state index contributed by atoms with van der Waals surface area (Å²) in [5.74, 6) is -0.406. The van der Waals surface area contributed by atoms with E-state index in [2.05, 4.69) is 4.98 Å². The summed E-state index contributed by atoms with van der Waals surface area (Å²) in [4.78, 5) is 4.04. The molecule has 2 aromatic heterocycles. The van der Waals surface area contributed by atoms with Crippen molar-refractivity contribution in [1.29, 1.82) is 0 Å². The molecule has 0 saturated heterocycles. The molecule has 0 aliphatic carbocycles. The highest BCUT2D eigenvalue weighted by molar-refractivity contribution is 5.44. The lowest BCUT2D eigenvalue weighted by molar-refractivity contribution is 0.181. The summed E-state index contributed by atoms with van der Waals surface area (Å²) >= 11 is 0. The van der Waals surface area contributed by atoms with E-state index in [1.54, 1.807) is 23.6 Å². The first-order chi connectivity index (χ1) is 7.15. The molecule has 80 valence electrons. The molecule has 0 radical (unpaired) electrons. The molecule has 0 aliphatic heterocycles. The standard InChI is InChI=1S/C10H12FN3O/c1-6-9(8(15)5-12)13-10-7(11)3-2-4-14(6)10/h2-4,8,15H,5,12H2,1H3. The maximum absolute atomic E-state index is 13.4. The number of aryl methyl sites for hydroxylation is 1. The number of hydrogen-bond acceptors (Lipinski definition) is 3. The maximum atomic E-state index is 13.4. The van der Waals surface area contributed by atoms with Gasteiger partial charge in [-0.1, -0.05) is 0 Å². The van der Waals surface area contributed by atoms with Crippen LogP contribution in [-0.4, -0.2) is 21.0 Å². The van der Waals surface area contributed by atoms with Gasteiger partial charge in [-0.25, -0.2) is 9.37 Å². The smallest absolute Gasteiger partial charge is 0.173 e. The average Bonchev–Trinajstić information content (AvgIpc) is 2.57. The molecular weight excluding hydrogens is 197 g/mol. The third-order valence-electron chi connectivity index (χ3n) is 2.42. The van der Waals surface area contributed by atoms with E-state index in [-0.39, 0.29) is 12.2 Å². The van der Waals surface area contributed by atoms with Crippen molar-refractivity contribution < 1.29 is 9.50 Å². The molecule has 0 aliphatic rings. The zero-order valence-corrected chi connectivity index (χ0v) is 8.31. The summed E-state index contributed by atoms with van der Waals surface area (Å²) in [6, 6.07) is 2.93. The Morgan fingerprint density at radius 1 is 1.67 bits per heavy atom. The first kappa shape index (κ1) is 10.1. The third kappa shape index (κ3) is 1.49. The number of imidazole rings is 1. The van der Waals surface area contributed by atoms with Crippen LogP contribution in [0.2, 0.25) is 0 Å². The van der Waals surface area contributed by atoms with Crippen molar-refractivity contribution in [2.24, 2.45) is 5.73 Å². The highest BCUT2D eigenvalue weighted by Crippen LogP contribution is 2.19. The summed E-state index contributed by atoms with van der Waals surface area (Å²) in [5, 5.41) is 9.58. The number of fused-ring (bicyclic) bond motifs is 1. The molecule has 2 rings (SSSR count). The van der Waals surface area contributed by atoms with Gasteiger partial charge in [0, 0.05) is 18.4 Å². The van der Waals surface area contributed by atoms with Gasteiger partial charge in [-0.3, -0.25) is 0 Å².